The third-order valence-corrected chi connectivity index (χ3v) is 2.97. The van der Waals surface area contributed by atoms with Crippen LogP contribution in [0, 0.1) is 0 Å². The first kappa shape index (κ1) is 10.8. The summed E-state index contributed by atoms with van der Waals surface area (Å²) in [5, 5.41) is 0. The maximum absolute atomic E-state index is 5.56. The van der Waals surface area contributed by atoms with Crippen LogP contribution in [0.15, 0.2) is 24.3 Å². The molecule has 1 aromatic rings. The van der Waals surface area contributed by atoms with Crippen LogP contribution in [0.25, 0.3) is 0 Å². The van der Waals surface area contributed by atoms with Crippen LogP contribution >= 0.6 is 11.8 Å². The molecule has 0 aliphatic carbocycles. The molecule has 1 fully saturated rings. The largest absolute Gasteiger partial charge is 0.491 e. The molecular formula is C12H16O2S. The van der Waals surface area contributed by atoms with E-state index in [9.17, 15) is 0 Å². The van der Waals surface area contributed by atoms with Crippen LogP contribution in [0.4, 0.5) is 0 Å². The fraction of sp³-hybridized carbons (Fsp3) is 0.500. The fourth-order valence-corrected chi connectivity index (χ4v) is 1.77. The van der Waals surface area contributed by atoms with E-state index in [4.69, 9.17) is 9.47 Å². The predicted octanol–water partition coefficient (Wildman–Crippen LogP) is 2.37. The second-order valence-corrected chi connectivity index (χ2v) is 4.64. The van der Waals surface area contributed by atoms with Gasteiger partial charge in [-0.2, -0.15) is 11.8 Å². The number of aryl methyl sites for hydroxylation is 1. The van der Waals surface area contributed by atoms with Crippen molar-refractivity contribution in [1.29, 1.82) is 0 Å². The second-order valence-electron chi connectivity index (χ2n) is 3.65. The predicted molar refractivity (Wildman–Crippen MR) is 63.8 cm³/mol. The molecule has 0 amide bonds. The van der Waals surface area contributed by atoms with Crippen molar-refractivity contribution in [2.24, 2.45) is 0 Å². The van der Waals surface area contributed by atoms with Crippen molar-refractivity contribution in [2.75, 3.05) is 25.2 Å². The molecule has 1 aliphatic heterocycles. The van der Waals surface area contributed by atoms with Gasteiger partial charge in [0.15, 0.2) is 0 Å². The Morgan fingerprint density at radius 1 is 1.40 bits per heavy atom. The van der Waals surface area contributed by atoms with Crippen molar-refractivity contribution in [2.45, 2.75) is 12.5 Å². The number of ether oxygens (including phenoxy) is 2. The topological polar surface area (TPSA) is 21.8 Å². The number of hydrogen-bond acceptors (Lipinski definition) is 3. The van der Waals surface area contributed by atoms with Crippen LogP contribution < -0.4 is 4.74 Å². The average Bonchev–Trinajstić information content (AvgIpc) is 3.09. The third kappa shape index (κ3) is 3.76. The Kier molecular flexibility index (Phi) is 3.92. The minimum absolute atomic E-state index is 0.334. The van der Waals surface area contributed by atoms with Crippen LogP contribution in [0.3, 0.4) is 0 Å². The molecule has 3 heteroatoms. The van der Waals surface area contributed by atoms with E-state index < -0.39 is 0 Å². The maximum Gasteiger partial charge on any atom is 0.119 e. The number of epoxide rings is 1. The summed E-state index contributed by atoms with van der Waals surface area (Å²) in [7, 11) is 0. The number of thioether (sulfide) groups is 1. The van der Waals surface area contributed by atoms with Crippen molar-refractivity contribution < 1.29 is 9.47 Å². The Morgan fingerprint density at radius 3 is 2.73 bits per heavy atom. The molecular weight excluding hydrogens is 208 g/mol. The van der Waals surface area contributed by atoms with Gasteiger partial charge < -0.3 is 9.47 Å². The third-order valence-electron chi connectivity index (χ3n) is 2.36. The smallest absolute Gasteiger partial charge is 0.119 e. The molecule has 2 nitrogen and oxygen atoms in total. The van der Waals surface area contributed by atoms with Gasteiger partial charge in [-0.3, -0.25) is 0 Å². The highest BCUT2D eigenvalue weighted by Gasteiger charge is 2.22. The summed E-state index contributed by atoms with van der Waals surface area (Å²) < 4.78 is 10.6. The van der Waals surface area contributed by atoms with Crippen molar-refractivity contribution in [3.63, 3.8) is 0 Å². The summed E-state index contributed by atoms with van der Waals surface area (Å²) >= 11 is 1.88. The molecule has 15 heavy (non-hydrogen) atoms. The Bertz CT molecular complexity index is 293. The van der Waals surface area contributed by atoms with Gasteiger partial charge in [0.25, 0.3) is 0 Å². The molecule has 1 unspecified atom stereocenters. The average molecular weight is 224 g/mol. The normalized spacial score (nSPS) is 18.9. The molecule has 1 heterocycles. The van der Waals surface area contributed by atoms with Gasteiger partial charge >= 0.3 is 0 Å². The van der Waals surface area contributed by atoms with Crippen LogP contribution in [0.5, 0.6) is 5.75 Å². The lowest BCUT2D eigenvalue weighted by Gasteiger charge is -2.05. The molecule has 0 bridgehead atoms. The zero-order valence-electron chi connectivity index (χ0n) is 8.94. The summed E-state index contributed by atoms with van der Waals surface area (Å²) in [5.74, 6) is 2.12. The first-order chi connectivity index (χ1) is 7.38. The molecule has 1 aliphatic rings. The molecule has 0 spiro atoms. The van der Waals surface area contributed by atoms with Gasteiger partial charge in [-0.1, -0.05) is 12.1 Å². The van der Waals surface area contributed by atoms with Crippen LogP contribution in [-0.2, 0) is 11.2 Å². The minimum atomic E-state index is 0.334. The van der Waals surface area contributed by atoms with Gasteiger partial charge in [0, 0.05) is 0 Å². The van der Waals surface area contributed by atoms with E-state index in [0.29, 0.717) is 12.7 Å². The van der Waals surface area contributed by atoms with Gasteiger partial charge in [0.2, 0.25) is 0 Å². The van der Waals surface area contributed by atoms with Gasteiger partial charge in [-0.05, 0) is 36.1 Å². The van der Waals surface area contributed by atoms with Crippen molar-refractivity contribution >= 4 is 11.8 Å². The van der Waals surface area contributed by atoms with Gasteiger partial charge in [-0.25, -0.2) is 0 Å². The summed E-state index contributed by atoms with van der Waals surface area (Å²) in [4.78, 5) is 0. The van der Waals surface area contributed by atoms with E-state index in [1.165, 1.54) is 11.3 Å². The quantitative estimate of drug-likeness (QED) is 0.692. The van der Waals surface area contributed by atoms with Crippen LogP contribution in [-0.4, -0.2) is 31.3 Å². The lowest BCUT2D eigenvalue weighted by atomic mass is 10.2. The molecule has 1 saturated heterocycles. The number of hydrogen-bond donors (Lipinski definition) is 0. The maximum atomic E-state index is 5.56. The first-order valence-corrected chi connectivity index (χ1v) is 6.60. The molecule has 0 saturated carbocycles. The Morgan fingerprint density at radius 2 is 2.13 bits per heavy atom. The molecule has 0 N–H and O–H groups in total. The number of benzene rings is 1. The minimum Gasteiger partial charge on any atom is -0.491 e. The molecule has 0 aromatic heterocycles. The molecule has 82 valence electrons. The summed E-state index contributed by atoms with van der Waals surface area (Å²) in [6, 6.07) is 8.36. The first-order valence-electron chi connectivity index (χ1n) is 5.21. The monoisotopic (exact) mass is 224 g/mol. The van der Waals surface area contributed by atoms with E-state index in [1.54, 1.807) is 0 Å². The van der Waals surface area contributed by atoms with E-state index in [2.05, 4.69) is 18.4 Å². The highest BCUT2D eigenvalue weighted by molar-refractivity contribution is 7.98. The second kappa shape index (κ2) is 5.42. The summed E-state index contributed by atoms with van der Waals surface area (Å²) in [6.07, 6.45) is 3.60. The van der Waals surface area contributed by atoms with E-state index in [1.807, 2.05) is 23.9 Å². The van der Waals surface area contributed by atoms with E-state index in [-0.39, 0.29) is 0 Å². The molecule has 0 radical (unpaired) electrons. The van der Waals surface area contributed by atoms with E-state index >= 15 is 0 Å². The summed E-state index contributed by atoms with van der Waals surface area (Å²) in [6.45, 7) is 1.54. The van der Waals surface area contributed by atoms with Crippen LogP contribution in [0.2, 0.25) is 0 Å². The summed E-state index contributed by atoms with van der Waals surface area (Å²) in [5.41, 5.74) is 1.37. The molecule has 1 aromatic carbocycles. The highest BCUT2D eigenvalue weighted by Crippen LogP contribution is 2.16. The lowest BCUT2D eigenvalue weighted by Crippen LogP contribution is -2.03. The Labute approximate surface area is 95.0 Å². The zero-order chi connectivity index (χ0) is 10.5. The van der Waals surface area contributed by atoms with Crippen molar-refractivity contribution in [1.82, 2.24) is 0 Å². The Balaban J connectivity index is 1.79. The lowest BCUT2D eigenvalue weighted by molar-refractivity contribution is 0.263. The van der Waals surface area contributed by atoms with Gasteiger partial charge in [0.1, 0.15) is 18.5 Å². The van der Waals surface area contributed by atoms with Crippen molar-refractivity contribution in [3.8, 4) is 5.75 Å². The van der Waals surface area contributed by atoms with E-state index in [0.717, 1.165) is 18.8 Å². The fourth-order valence-electron chi connectivity index (χ4n) is 1.33. The zero-order valence-corrected chi connectivity index (χ0v) is 9.76. The highest BCUT2D eigenvalue weighted by atomic mass is 32.2. The van der Waals surface area contributed by atoms with Crippen LogP contribution in [0.1, 0.15) is 5.56 Å². The molecule has 2 rings (SSSR count). The Hall–Kier alpha value is -0.670. The van der Waals surface area contributed by atoms with Gasteiger partial charge in [0.05, 0.1) is 6.61 Å². The SMILES string of the molecule is CSCCc1ccc(OCC2CO2)cc1. The van der Waals surface area contributed by atoms with Gasteiger partial charge in [-0.15, -0.1) is 0 Å². The molecule has 1 atom stereocenters. The number of rotatable bonds is 6. The standard InChI is InChI=1S/C12H16O2S/c1-15-7-6-10-2-4-11(5-3-10)13-8-12-9-14-12/h2-5,12H,6-9H2,1H3. The van der Waals surface area contributed by atoms with Crippen molar-refractivity contribution in [3.05, 3.63) is 29.8 Å².